The molecule has 2 fully saturated rings. The third kappa shape index (κ3) is 7.65. The highest BCUT2D eigenvalue weighted by Crippen LogP contribution is 2.38. The molecule has 0 saturated carbocycles. The maximum Gasteiger partial charge on any atom is 0.407 e. The number of pyridine rings is 1. The number of hydrogen-bond acceptors (Lipinski definition) is 9. The fourth-order valence-corrected chi connectivity index (χ4v) is 8.02. The van der Waals surface area contributed by atoms with E-state index in [4.69, 9.17) is 24.4 Å². The van der Waals surface area contributed by atoms with E-state index in [9.17, 15) is 19.2 Å². The number of carbonyl (C=O) groups is 4. The van der Waals surface area contributed by atoms with Crippen molar-refractivity contribution in [1.82, 2.24) is 45.4 Å². The Hall–Kier alpha value is -5.91. The molecule has 1 aromatic carbocycles. The maximum atomic E-state index is 13.7. The van der Waals surface area contributed by atoms with Crippen LogP contribution < -0.4 is 10.6 Å². The molecule has 0 spiro atoms. The van der Waals surface area contributed by atoms with Crippen LogP contribution in [0.4, 0.5) is 9.59 Å². The lowest BCUT2D eigenvalue weighted by Gasteiger charge is -2.30. The van der Waals surface area contributed by atoms with Gasteiger partial charge < -0.3 is 39.9 Å². The lowest BCUT2D eigenvalue weighted by molar-refractivity contribution is -0.136. The molecule has 56 heavy (non-hydrogen) atoms. The Balaban J connectivity index is 1.06. The molecule has 4 amide bonds. The van der Waals surface area contributed by atoms with Crippen molar-refractivity contribution in [2.75, 3.05) is 27.3 Å². The van der Waals surface area contributed by atoms with Crippen LogP contribution in [-0.4, -0.2) is 98.1 Å². The molecule has 4 N–H and O–H groups in total. The van der Waals surface area contributed by atoms with Crippen molar-refractivity contribution in [3.05, 3.63) is 64.5 Å². The molecular formula is C41H49N9O6. The minimum absolute atomic E-state index is 0.108. The lowest BCUT2D eigenvalue weighted by Crippen LogP contribution is -2.51. The standard InChI is InChI=1S/C41H49N9O6/c1-22(2)32(46-40(53)55-5)38(51)49-19-7-9-30(49)36-43-28-17-13-25-21-24(12-16-27(25)34(28)45-36)11-14-26-15-18-29-35(42-26)48-37(44-29)31-10-8-20-50(31)39(52)33(23(3)4)47-41(54)56-6/h12,15-16,18,21-23,30-33H,7-10,13,17,19-20H2,1-6H3,(H,43,45)(H,46,53)(H,47,54)(H,42,44,48). The number of benzene rings is 1. The smallest absolute Gasteiger partial charge is 0.407 e. The predicted octanol–water partition coefficient (Wildman–Crippen LogP) is 4.93. The molecule has 2 aliphatic heterocycles. The zero-order valence-electron chi connectivity index (χ0n) is 32.7. The van der Waals surface area contributed by atoms with Gasteiger partial charge in [-0.25, -0.2) is 24.5 Å². The highest BCUT2D eigenvalue weighted by Gasteiger charge is 2.39. The summed E-state index contributed by atoms with van der Waals surface area (Å²) in [6.07, 6.45) is 3.55. The highest BCUT2D eigenvalue weighted by atomic mass is 16.5. The van der Waals surface area contributed by atoms with Crippen LogP contribution >= 0.6 is 0 Å². The number of ether oxygens (including phenoxy) is 2. The van der Waals surface area contributed by atoms with Gasteiger partial charge in [0, 0.05) is 29.9 Å². The first kappa shape index (κ1) is 38.4. The van der Waals surface area contributed by atoms with Gasteiger partial charge in [0.1, 0.15) is 29.4 Å². The van der Waals surface area contributed by atoms with Crippen LogP contribution in [0.25, 0.3) is 22.4 Å². The number of H-pyrrole nitrogens is 2. The molecule has 0 bridgehead atoms. The molecule has 4 atom stereocenters. The normalized spacial score (nSPS) is 18.6. The number of amides is 4. The Kier molecular flexibility index (Phi) is 11.0. The SMILES string of the molecule is COC(=O)NC(C(=O)N1CCCC1c1nc2c([nH]1)CCc1cc(C#Cc3ccc4[nH]c(C5CCCN5C(=O)C(NC(=O)OC)C(C)C)nc4n3)ccc1-2)C(C)C. The summed E-state index contributed by atoms with van der Waals surface area (Å²) in [6.45, 7) is 8.75. The number of aromatic amines is 2. The van der Waals surface area contributed by atoms with Gasteiger partial charge in [0.15, 0.2) is 5.65 Å². The molecule has 2 saturated heterocycles. The zero-order valence-corrected chi connectivity index (χ0v) is 32.7. The van der Waals surface area contributed by atoms with Gasteiger partial charge in [-0.1, -0.05) is 39.7 Å². The Labute approximate surface area is 325 Å². The number of aryl methyl sites for hydroxylation is 2. The number of nitrogens with zero attached hydrogens (tertiary/aromatic N) is 5. The van der Waals surface area contributed by atoms with E-state index < -0.39 is 24.3 Å². The number of hydrogen-bond donors (Lipinski definition) is 4. The van der Waals surface area contributed by atoms with Gasteiger partial charge in [-0.15, -0.1) is 0 Å². The van der Waals surface area contributed by atoms with E-state index in [0.29, 0.717) is 30.3 Å². The lowest BCUT2D eigenvalue weighted by atomic mass is 9.91. The Morgan fingerprint density at radius 1 is 0.768 bits per heavy atom. The van der Waals surface area contributed by atoms with Crippen molar-refractivity contribution in [2.24, 2.45) is 11.8 Å². The molecular weight excluding hydrogens is 715 g/mol. The largest absolute Gasteiger partial charge is 0.453 e. The Bertz CT molecular complexity index is 2210. The first-order valence-electron chi connectivity index (χ1n) is 19.4. The number of imidazole rings is 2. The molecule has 4 unspecified atom stereocenters. The van der Waals surface area contributed by atoms with Crippen LogP contribution in [0.1, 0.15) is 99.6 Å². The van der Waals surface area contributed by atoms with Crippen LogP contribution in [0.15, 0.2) is 30.3 Å². The molecule has 7 rings (SSSR count). The Morgan fingerprint density at radius 2 is 1.38 bits per heavy atom. The predicted molar refractivity (Wildman–Crippen MR) is 207 cm³/mol. The van der Waals surface area contributed by atoms with E-state index in [-0.39, 0.29) is 35.7 Å². The topological polar surface area (TPSA) is 188 Å². The number of rotatable bonds is 8. The molecule has 3 aliphatic rings. The maximum absolute atomic E-state index is 13.7. The van der Waals surface area contributed by atoms with Crippen molar-refractivity contribution in [3.8, 4) is 23.1 Å². The molecule has 4 aromatic rings. The Morgan fingerprint density at radius 3 is 1.96 bits per heavy atom. The van der Waals surface area contributed by atoms with E-state index in [1.807, 2.05) is 50.8 Å². The number of carbonyl (C=O) groups excluding carboxylic acids is 4. The number of nitrogens with one attached hydrogen (secondary N) is 4. The van der Waals surface area contributed by atoms with E-state index in [0.717, 1.165) is 77.9 Å². The number of aromatic nitrogens is 5. The number of fused-ring (bicyclic) bond motifs is 4. The third-order valence-electron chi connectivity index (χ3n) is 11.0. The summed E-state index contributed by atoms with van der Waals surface area (Å²) in [5.74, 6) is 7.36. The van der Waals surface area contributed by atoms with Gasteiger partial charge in [-0.2, -0.15) is 0 Å². The second-order valence-corrected chi connectivity index (χ2v) is 15.4. The number of likely N-dealkylation sites (tertiary alicyclic amines) is 2. The minimum Gasteiger partial charge on any atom is -0.453 e. The second kappa shape index (κ2) is 16.1. The molecule has 1 aliphatic carbocycles. The van der Waals surface area contributed by atoms with Gasteiger partial charge in [0.25, 0.3) is 0 Å². The minimum atomic E-state index is -0.711. The van der Waals surface area contributed by atoms with Crippen molar-refractivity contribution < 1.29 is 28.7 Å². The van der Waals surface area contributed by atoms with Crippen molar-refractivity contribution in [3.63, 3.8) is 0 Å². The molecule has 3 aromatic heterocycles. The molecule has 15 heteroatoms. The fraction of sp³-hybridized carbons (Fsp3) is 0.488. The molecule has 15 nitrogen and oxygen atoms in total. The van der Waals surface area contributed by atoms with E-state index >= 15 is 0 Å². The van der Waals surface area contributed by atoms with Gasteiger partial charge in [-0.3, -0.25) is 9.59 Å². The first-order chi connectivity index (χ1) is 26.9. The van der Waals surface area contributed by atoms with E-state index in [1.165, 1.54) is 14.2 Å². The van der Waals surface area contributed by atoms with E-state index in [1.54, 1.807) is 4.90 Å². The second-order valence-electron chi connectivity index (χ2n) is 15.4. The number of methoxy groups -OCH3 is 2. The van der Waals surface area contributed by atoms with Gasteiger partial charge in [0.05, 0.1) is 37.5 Å². The molecule has 294 valence electrons. The summed E-state index contributed by atoms with van der Waals surface area (Å²) in [7, 11) is 2.57. The van der Waals surface area contributed by atoms with Crippen LogP contribution in [0, 0.1) is 23.7 Å². The summed E-state index contributed by atoms with van der Waals surface area (Å²) in [5.41, 5.74) is 6.86. The fourth-order valence-electron chi connectivity index (χ4n) is 8.02. The van der Waals surface area contributed by atoms with Crippen LogP contribution in [-0.2, 0) is 31.9 Å². The summed E-state index contributed by atoms with van der Waals surface area (Å²) >= 11 is 0. The van der Waals surface area contributed by atoms with Gasteiger partial charge in [-0.05, 0) is 86.1 Å². The van der Waals surface area contributed by atoms with Gasteiger partial charge >= 0.3 is 12.2 Å². The first-order valence-corrected chi connectivity index (χ1v) is 19.4. The van der Waals surface area contributed by atoms with Crippen molar-refractivity contribution >= 4 is 35.2 Å². The molecule has 0 radical (unpaired) electrons. The average Bonchev–Trinajstić information content (AvgIpc) is 4.02. The van der Waals surface area contributed by atoms with Crippen LogP contribution in [0.3, 0.4) is 0 Å². The monoisotopic (exact) mass is 763 g/mol. The summed E-state index contributed by atoms with van der Waals surface area (Å²) in [6, 6.07) is 8.04. The quantitative estimate of drug-likeness (QED) is 0.181. The number of alkyl carbamates (subject to hydrolysis) is 2. The highest BCUT2D eigenvalue weighted by molar-refractivity contribution is 5.87. The molecule has 5 heterocycles. The summed E-state index contributed by atoms with van der Waals surface area (Å²) in [5, 5.41) is 5.40. The zero-order chi connectivity index (χ0) is 39.7. The third-order valence-corrected chi connectivity index (χ3v) is 11.0. The summed E-state index contributed by atoms with van der Waals surface area (Å²) < 4.78 is 9.53. The summed E-state index contributed by atoms with van der Waals surface area (Å²) in [4.78, 5) is 76.3. The van der Waals surface area contributed by atoms with Crippen molar-refractivity contribution in [2.45, 2.75) is 90.4 Å². The average molecular weight is 764 g/mol. The van der Waals surface area contributed by atoms with Crippen LogP contribution in [0.5, 0.6) is 0 Å². The van der Waals surface area contributed by atoms with E-state index in [2.05, 4.69) is 44.6 Å². The van der Waals surface area contributed by atoms with Crippen molar-refractivity contribution in [1.29, 1.82) is 0 Å². The van der Waals surface area contributed by atoms with Crippen LogP contribution in [0.2, 0.25) is 0 Å². The van der Waals surface area contributed by atoms with Gasteiger partial charge in [0.2, 0.25) is 11.8 Å².